The van der Waals surface area contributed by atoms with Gasteiger partial charge in [0.25, 0.3) is 0 Å². The first-order valence-electron chi connectivity index (χ1n) is 6.00. The summed E-state index contributed by atoms with van der Waals surface area (Å²) in [6.45, 7) is 4.04. The van der Waals surface area contributed by atoms with Gasteiger partial charge in [-0.1, -0.05) is 19.3 Å². The topological polar surface area (TPSA) is 66.4 Å². The Kier molecular flexibility index (Phi) is 5.02. The van der Waals surface area contributed by atoms with Crippen LogP contribution in [0.5, 0.6) is 0 Å². The Morgan fingerprint density at radius 1 is 1.35 bits per heavy atom. The highest BCUT2D eigenvalue weighted by Gasteiger charge is 2.41. The predicted molar refractivity (Wildman–Crippen MR) is 64.1 cm³/mol. The predicted octanol–water partition coefficient (Wildman–Crippen LogP) is 1.26. The maximum absolute atomic E-state index is 11.9. The molecule has 1 saturated carbocycles. The molecule has 0 heterocycles. The number of amides is 1. The maximum Gasteiger partial charge on any atom is 0.307 e. The van der Waals surface area contributed by atoms with Crippen LogP contribution >= 0.6 is 0 Å². The molecular formula is C13H19NO3. The highest BCUT2D eigenvalue weighted by Crippen LogP contribution is 2.38. The lowest BCUT2D eigenvalue weighted by Gasteiger charge is -2.14. The molecule has 0 aromatic heterocycles. The molecule has 1 rings (SSSR count). The van der Waals surface area contributed by atoms with Crippen LogP contribution in [0.1, 0.15) is 33.1 Å². The largest absolute Gasteiger partial charge is 0.481 e. The highest BCUT2D eigenvalue weighted by molar-refractivity contribution is 5.85. The van der Waals surface area contributed by atoms with Crippen molar-refractivity contribution in [2.24, 2.45) is 17.8 Å². The van der Waals surface area contributed by atoms with E-state index in [1.54, 1.807) is 6.92 Å². The van der Waals surface area contributed by atoms with Gasteiger partial charge in [-0.05, 0) is 25.7 Å². The van der Waals surface area contributed by atoms with Gasteiger partial charge in [-0.25, -0.2) is 0 Å². The first-order chi connectivity index (χ1) is 8.10. The molecule has 0 bridgehead atoms. The maximum atomic E-state index is 11.9. The van der Waals surface area contributed by atoms with E-state index in [0.29, 0.717) is 25.3 Å². The first-order valence-corrected chi connectivity index (χ1v) is 6.00. The fraction of sp³-hybridized carbons (Fsp3) is 0.692. The number of aliphatic carboxylic acids is 1. The summed E-state index contributed by atoms with van der Waals surface area (Å²) in [5.41, 5.74) is 0. The molecule has 1 fully saturated rings. The number of hydrogen-bond acceptors (Lipinski definition) is 2. The number of hydrogen-bond donors (Lipinski definition) is 2. The molecule has 4 heteroatoms. The van der Waals surface area contributed by atoms with Crippen molar-refractivity contribution in [1.82, 2.24) is 5.32 Å². The third kappa shape index (κ3) is 3.48. The molecule has 2 N–H and O–H groups in total. The quantitative estimate of drug-likeness (QED) is 0.723. The van der Waals surface area contributed by atoms with E-state index in [-0.39, 0.29) is 5.91 Å². The van der Waals surface area contributed by atoms with Crippen molar-refractivity contribution in [3.05, 3.63) is 0 Å². The van der Waals surface area contributed by atoms with Crippen LogP contribution < -0.4 is 5.32 Å². The first kappa shape index (κ1) is 13.6. The third-order valence-electron chi connectivity index (χ3n) is 3.42. The number of carboxylic acids is 1. The summed E-state index contributed by atoms with van der Waals surface area (Å²) in [5.74, 6) is 3.83. The molecule has 0 radical (unpaired) electrons. The van der Waals surface area contributed by atoms with Crippen molar-refractivity contribution in [2.45, 2.75) is 33.1 Å². The van der Waals surface area contributed by atoms with Gasteiger partial charge in [0.2, 0.25) is 5.91 Å². The molecule has 0 spiro atoms. The lowest BCUT2D eigenvalue weighted by molar-refractivity contribution is -0.146. The van der Waals surface area contributed by atoms with Crippen molar-refractivity contribution in [1.29, 1.82) is 0 Å². The lowest BCUT2D eigenvalue weighted by Crippen LogP contribution is -2.35. The van der Waals surface area contributed by atoms with E-state index >= 15 is 0 Å². The van der Waals surface area contributed by atoms with Crippen LogP contribution in [0.25, 0.3) is 0 Å². The van der Waals surface area contributed by atoms with E-state index in [4.69, 9.17) is 5.11 Å². The number of rotatable bonds is 4. The summed E-state index contributed by atoms with van der Waals surface area (Å²) in [6, 6.07) is 0. The molecule has 1 amide bonds. The summed E-state index contributed by atoms with van der Waals surface area (Å²) in [5, 5.41) is 11.8. The molecule has 1 aliphatic rings. The molecule has 0 aliphatic heterocycles. The van der Waals surface area contributed by atoms with Gasteiger partial charge in [0.15, 0.2) is 0 Å². The van der Waals surface area contributed by atoms with Gasteiger partial charge in [-0.2, -0.15) is 0 Å². The lowest BCUT2D eigenvalue weighted by atomic mass is 9.95. The van der Waals surface area contributed by atoms with Gasteiger partial charge in [0.1, 0.15) is 0 Å². The van der Waals surface area contributed by atoms with E-state index < -0.39 is 17.8 Å². The minimum Gasteiger partial charge on any atom is -0.481 e. The van der Waals surface area contributed by atoms with Gasteiger partial charge in [-0.3, -0.25) is 9.59 Å². The van der Waals surface area contributed by atoms with Crippen LogP contribution in [-0.2, 0) is 9.59 Å². The smallest absolute Gasteiger partial charge is 0.307 e. The standard InChI is InChI=1S/C13H19NO3/c1-3-5-6-14-12(15)10-7-9(4-2)8-11(10)13(16)17/h9-11H,4,6-8H2,1-2H3,(H,14,15)(H,16,17). The normalized spacial score (nSPS) is 27.1. The van der Waals surface area contributed by atoms with Gasteiger partial charge >= 0.3 is 5.97 Å². The van der Waals surface area contributed by atoms with Gasteiger partial charge in [-0.15, -0.1) is 5.92 Å². The Morgan fingerprint density at radius 2 is 2.00 bits per heavy atom. The number of nitrogens with one attached hydrogen (secondary N) is 1. The summed E-state index contributed by atoms with van der Waals surface area (Å²) in [4.78, 5) is 23.0. The van der Waals surface area contributed by atoms with E-state index in [0.717, 1.165) is 6.42 Å². The Bertz CT molecular complexity index is 353. The molecule has 94 valence electrons. The van der Waals surface area contributed by atoms with Crippen molar-refractivity contribution < 1.29 is 14.7 Å². The minimum atomic E-state index is -0.859. The van der Waals surface area contributed by atoms with E-state index in [1.807, 2.05) is 6.92 Å². The highest BCUT2D eigenvalue weighted by atomic mass is 16.4. The van der Waals surface area contributed by atoms with Crippen molar-refractivity contribution in [3.63, 3.8) is 0 Å². The second-order valence-corrected chi connectivity index (χ2v) is 4.44. The minimum absolute atomic E-state index is 0.170. The molecule has 0 aromatic rings. The van der Waals surface area contributed by atoms with Crippen LogP contribution in [0, 0.1) is 29.6 Å². The Labute approximate surface area is 102 Å². The molecule has 0 aromatic carbocycles. The Morgan fingerprint density at radius 3 is 2.53 bits per heavy atom. The molecule has 17 heavy (non-hydrogen) atoms. The second kappa shape index (κ2) is 6.29. The molecule has 3 atom stereocenters. The molecule has 1 aliphatic carbocycles. The second-order valence-electron chi connectivity index (χ2n) is 4.44. The fourth-order valence-electron chi connectivity index (χ4n) is 2.39. The summed E-state index contributed by atoms with van der Waals surface area (Å²) >= 11 is 0. The summed E-state index contributed by atoms with van der Waals surface area (Å²) in [6.07, 6.45) is 2.23. The van der Waals surface area contributed by atoms with Gasteiger partial charge in [0.05, 0.1) is 18.4 Å². The van der Waals surface area contributed by atoms with E-state index in [2.05, 4.69) is 17.2 Å². The van der Waals surface area contributed by atoms with E-state index in [1.165, 1.54) is 0 Å². The molecule has 0 saturated heterocycles. The average Bonchev–Trinajstić information content (AvgIpc) is 2.73. The van der Waals surface area contributed by atoms with Crippen molar-refractivity contribution >= 4 is 11.9 Å². The molecular weight excluding hydrogens is 218 g/mol. The Hall–Kier alpha value is -1.50. The zero-order chi connectivity index (χ0) is 12.8. The zero-order valence-corrected chi connectivity index (χ0v) is 10.3. The van der Waals surface area contributed by atoms with Crippen LogP contribution in [-0.4, -0.2) is 23.5 Å². The zero-order valence-electron chi connectivity index (χ0n) is 10.3. The van der Waals surface area contributed by atoms with Crippen LogP contribution in [0.3, 0.4) is 0 Å². The third-order valence-corrected chi connectivity index (χ3v) is 3.42. The van der Waals surface area contributed by atoms with Crippen LogP contribution in [0.2, 0.25) is 0 Å². The number of carbonyl (C=O) groups excluding carboxylic acids is 1. The summed E-state index contributed by atoms with van der Waals surface area (Å²) in [7, 11) is 0. The van der Waals surface area contributed by atoms with Crippen LogP contribution in [0.4, 0.5) is 0 Å². The number of carbonyl (C=O) groups is 2. The molecule has 4 nitrogen and oxygen atoms in total. The Balaban J connectivity index is 2.62. The van der Waals surface area contributed by atoms with Gasteiger partial charge < -0.3 is 10.4 Å². The van der Waals surface area contributed by atoms with Crippen molar-refractivity contribution in [2.75, 3.05) is 6.54 Å². The molecule has 3 unspecified atom stereocenters. The van der Waals surface area contributed by atoms with Crippen molar-refractivity contribution in [3.8, 4) is 11.8 Å². The van der Waals surface area contributed by atoms with Crippen LogP contribution in [0.15, 0.2) is 0 Å². The summed E-state index contributed by atoms with van der Waals surface area (Å²) < 4.78 is 0. The number of carboxylic acid groups (broad SMARTS) is 1. The van der Waals surface area contributed by atoms with Gasteiger partial charge in [0, 0.05) is 0 Å². The SMILES string of the molecule is CC#CCNC(=O)C1CC(CC)CC1C(=O)O. The average molecular weight is 237 g/mol. The fourth-order valence-corrected chi connectivity index (χ4v) is 2.39. The monoisotopic (exact) mass is 237 g/mol. The van der Waals surface area contributed by atoms with E-state index in [9.17, 15) is 9.59 Å².